The summed E-state index contributed by atoms with van der Waals surface area (Å²) in [7, 11) is -3.56. The van der Waals surface area contributed by atoms with E-state index in [0.29, 0.717) is 35.5 Å². The lowest BCUT2D eigenvalue weighted by atomic mass is 9.82. The third-order valence-electron chi connectivity index (χ3n) is 10.7. The molecule has 10 heteroatoms. The van der Waals surface area contributed by atoms with Crippen LogP contribution in [-0.2, 0) is 39.4 Å². The SMILES string of the molecule is C[C@@H]1[C@@H]([Si](C)(C)F)[C@H](CC(=O)N2Cc3ccccc3C[C@H]2CO)O[C@@]12C(=O)N(Cc1ccccc1)c1ccc(NC(=O)c3ccccc3)cc12. The molecule has 4 aromatic carbocycles. The van der Waals surface area contributed by atoms with Crippen LogP contribution in [0.5, 0.6) is 0 Å². The van der Waals surface area contributed by atoms with Crippen LogP contribution in [0.1, 0.15) is 46.0 Å². The van der Waals surface area contributed by atoms with E-state index in [1.807, 2.05) is 73.7 Å². The van der Waals surface area contributed by atoms with Gasteiger partial charge in [-0.25, -0.2) is 0 Å². The normalized spacial score (nSPS) is 24.3. The van der Waals surface area contributed by atoms with Crippen molar-refractivity contribution in [2.45, 2.75) is 69.2 Å². The molecule has 3 heterocycles. The maximum Gasteiger partial charge on any atom is 0.264 e. The number of halogens is 1. The lowest BCUT2D eigenvalue weighted by molar-refractivity contribution is -0.151. The topological polar surface area (TPSA) is 99.2 Å². The number of fused-ring (bicyclic) bond motifs is 3. The van der Waals surface area contributed by atoms with Gasteiger partial charge < -0.3 is 29.1 Å². The smallest absolute Gasteiger partial charge is 0.264 e. The Labute approximate surface area is 293 Å². The molecule has 0 saturated carbocycles. The van der Waals surface area contributed by atoms with E-state index in [4.69, 9.17) is 4.74 Å². The molecule has 1 spiro atoms. The Morgan fingerprint density at radius 3 is 2.30 bits per heavy atom. The number of anilines is 2. The molecule has 8 nitrogen and oxygen atoms in total. The lowest BCUT2D eigenvalue weighted by Gasteiger charge is -2.37. The Kier molecular flexibility index (Phi) is 8.96. The summed E-state index contributed by atoms with van der Waals surface area (Å²) in [5, 5.41) is 13.2. The zero-order valence-electron chi connectivity index (χ0n) is 28.5. The number of nitrogens with zero attached hydrogens (tertiary/aromatic N) is 2. The van der Waals surface area contributed by atoms with Gasteiger partial charge in [-0.3, -0.25) is 14.4 Å². The van der Waals surface area contributed by atoms with Crippen molar-refractivity contribution in [1.82, 2.24) is 4.90 Å². The van der Waals surface area contributed by atoms with Gasteiger partial charge >= 0.3 is 0 Å². The summed E-state index contributed by atoms with van der Waals surface area (Å²) in [4.78, 5) is 45.5. The van der Waals surface area contributed by atoms with Crippen LogP contribution in [-0.4, -0.2) is 54.9 Å². The Balaban J connectivity index is 1.26. The zero-order valence-corrected chi connectivity index (χ0v) is 29.5. The summed E-state index contributed by atoms with van der Waals surface area (Å²) in [5.74, 6) is -1.47. The molecule has 0 aromatic heterocycles. The van der Waals surface area contributed by atoms with Crippen LogP contribution in [0.15, 0.2) is 103 Å². The standard InChI is InChI=1S/C40H42FN3O5Si/c1-26-37(50(2,3)41)35(22-36(46)43-24-30-17-11-10-16-29(30)20-32(43)25-45)49-40(26)33-21-31(42-38(47)28-14-8-5-9-15-28)18-19-34(33)44(39(40)48)23-27-12-6-4-7-13-27/h4-19,21,26,32,35,37,45H,20,22-25H2,1-3H3,(H,42,47)/t26-,32+,35+,37-,40+/m1/s1. The summed E-state index contributed by atoms with van der Waals surface area (Å²) in [6, 6.07) is 31.3. The van der Waals surface area contributed by atoms with E-state index in [2.05, 4.69) is 5.32 Å². The highest BCUT2D eigenvalue weighted by Gasteiger charge is 2.67. The van der Waals surface area contributed by atoms with Gasteiger partial charge in [-0.2, -0.15) is 0 Å². The first kappa shape index (κ1) is 33.8. The molecule has 258 valence electrons. The van der Waals surface area contributed by atoms with Crippen molar-refractivity contribution < 1.29 is 28.3 Å². The number of amides is 3. The lowest BCUT2D eigenvalue weighted by Crippen LogP contribution is -2.48. The van der Waals surface area contributed by atoms with Crippen molar-refractivity contribution in [3.05, 3.63) is 131 Å². The van der Waals surface area contributed by atoms with Gasteiger partial charge in [0.1, 0.15) is 0 Å². The number of hydrogen-bond donors (Lipinski definition) is 2. The second-order valence-corrected chi connectivity index (χ2v) is 18.0. The second kappa shape index (κ2) is 13.2. The molecule has 2 N–H and O–H groups in total. The molecule has 4 aromatic rings. The Bertz CT molecular complexity index is 1920. The third-order valence-corrected chi connectivity index (χ3v) is 13.2. The van der Waals surface area contributed by atoms with Crippen molar-refractivity contribution in [1.29, 1.82) is 0 Å². The van der Waals surface area contributed by atoms with Crippen LogP contribution in [0.3, 0.4) is 0 Å². The number of ether oxygens (including phenoxy) is 1. The average Bonchev–Trinajstić information content (AvgIpc) is 3.54. The predicted octanol–water partition coefficient (Wildman–Crippen LogP) is 6.60. The van der Waals surface area contributed by atoms with Crippen LogP contribution in [0.2, 0.25) is 18.6 Å². The first-order chi connectivity index (χ1) is 24.0. The Morgan fingerprint density at radius 1 is 0.960 bits per heavy atom. The van der Waals surface area contributed by atoms with Crippen molar-refractivity contribution in [3.63, 3.8) is 0 Å². The maximum absolute atomic E-state index is 16.6. The molecular formula is C40H42FN3O5Si. The summed E-state index contributed by atoms with van der Waals surface area (Å²) in [6.45, 7) is 5.50. The van der Waals surface area contributed by atoms with Gasteiger partial charge in [0.15, 0.2) is 5.60 Å². The molecule has 0 radical (unpaired) electrons. The molecule has 3 aliphatic heterocycles. The summed E-state index contributed by atoms with van der Waals surface area (Å²) in [6.07, 6.45) is -0.479. The van der Waals surface area contributed by atoms with Crippen LogP contribution in [0.25, 0.3) is 0 Å². The molecule has 1 saturated heterocycles. The quantitative estimate of drug-likeness (QED) is 0.160. The van der Waals surface area contributed by atoms with E-state index >= 15 is 4.11 Å². The van der Waals surface area contributed by atoms with E-state index in [9.17, 15) is 19.5 Å². The minimum Gasteiger partial charge on any atom is -0.394 e. The van der Waals surface area contributed by atoms with Gasteiger partial charge in [-0.1, -0.05) is 79.7 Å². The Hall–Kier alpha value is -4.64. The number of carbonyl (C=O) groups is 3. The summed E-state index contributed by atoms with van der Waals surface area (Å²) in [5.41, 5.74) is 2.91. The number of hydrogen-bond acceptors (Lipinski definition) is 5. The highest BCUT2D eigenvalue weighted by molar-refractivity contribution is 6.72. The van der Waals surface area contributed by atoms with Crippen molar-refractivity contribution >= 4 is 37.5 Å². The largest absolute Gasteiger partial charge is 0.394 e. The number of aliphatic hydroxyl groups is 1. The predicted molar refractivity (Wildman–Crippen MR) is 193 cm³/mol. The van der Waals surface area contributed by atoms with E-state index in [1.54, 1.807) is 59.3 Å². The van der Waals surface area contributed by atoms with Crippen molar-refractivity contribution in [2.24, 2.45) is 5.92 Å². The first-order valence-corrected chi connectivity index (χ1v) is 20.2. The fraction of sp³-hybridized carbons (Fsp3) is 0.325. The molecule has 0 aliphatic carbocycles. The molecular weight excluding hydrogens is 650 g/mol. The maximum atomic E-state index is 16.6. The van der Waals surface area contributed by atoms with E-state index in [-0.39, 0.29) is 37.3 Å². The molecule has 50 heavy (non-hydrogen) atoms. The Morgan fingerprint density at radius 2 is 1.62 bits per heavy atom. The first-order valence-electron chi connectivity index (χ1n) is 17.2. The monoisotopic (exact) mass is 691 g/mol. The van der Waals surface area contributed by atoms with E-state index in [1.165, 1.54) is 0 Å². The highest BCUT2D eigenvalue weighted by Crippen LogP contribution is 2.60. The zero-order chi connectivity index (χ0) is 35.2. The van der Waals surface area contributed by atoms with Gasteiger partial charge in [0.25, 0.3) is 11.8 Å². The number of nitrogens with one attached hydrogen (secondary N) is 1. The number of rotatable bonds is 8. The minimum absolute atomic E-state index is 0.124. The van der Waals surface area contributed by atoms with Crippen LogP contribution < -0.4 is 10.2 Å². The van der Waals surface area contributed by atoms with E-state index in [0.717, 1.165) is 16.7 Å². The minimum atomic E-state index is -3.56. The van der Waals surface area contributed by atoms with Crippen LogP contribution in [0, 0.1) is 5.92 Å². The molecule has 0 unspecified atom stereocenters. The number of carbonyl (C=O) groups excluding carboxylic acids is 3. The van der Waals surface area contributed by atoms with Gasteiger partial charge in [-0.05, 0) is 66.5 Å². The second-order valence-electron chi connectivity index (χ2n) is 14.2. The molecule has 1 fully saturated rings. The number of aliphatic hydroxyl groups excluding tert-OH is 1. The van der Waals surface area contributed by atoms with Crippen LogP contribution >= 0.6 is 0 Å². The third kappa shape index (κ3) is 5.95. The fourth-order valence-corrected chi connectivity index (χ4v) is 10.9. The molecule has 0 bridgehead atoms. The fourth-order valence-electron chi connectivity index (χ4n) is 8.37. The van der Waals surface area contributed by atoms with Gasteiger partial charge in [0, 0.05) is 34.8 Å². The average molecular weight is 692 g/mol. The van der Waals surface area contributed by atoms with Gasteiger partial charge in [-0.15, -0.1) is 0 Å². The highest BCUT2D eigenvalue weighted by atomic mass is 28.4. The molecule has 3 amide bonds. The molecule has 5 atom stereocenters. The number of benzene rings is 4. The summed E-state index contributed by atoms with van der Waals surface area (Å²) >= 11 is 0. The van der Waals surface area contributed by atoms with Crippen molar-refractivity contribution in [3.8, 4) is 0 Å². The van der Waals surface area contributed by atoms with Crippen molar-refractivity contribution in [2.75, 3.05) is 16.8 Å². The van der Waals surface area contributed by atoms with Crippen LogP contribution in [0.4, 0.5) is 15.5 Å². The molecule has 3 aliphatic rings. The summed E-state index contributed by atoms with van der Waals surface area (Å²) < 4.78 is 23.5. The van der Waals surface area contributed by atoms with E-state index < -0.39 is 37.6 Å². The van der Waals surface area contributed by atoms with Gasteiger partial charge in [0.2, 0.25) is 14.3 Å². The van der Waals surface area contributed by atoms with Gasteiger partial charge in [0.05, 0.1) is 37.4 Å². The molecule has 7 rings (SSSR count).